The van der Waals surface area contributed by atoms with Crippen LogP contribution in [0.3, 0.4) is 0 Å². The van der Waals surface area contributed by atoms with E-state index in [2.05, 4.69) is 55.1 Å². The number of aromatic nitrogens is 4. The van der Waals surface area contributed by atoms with Crippen LogP contribution in [0.5, 0.6) is 0 Å². The summed E-state index contributed by atoms with van der Waals surface area (Å²) in [5.74, 6) is 1.33. The molecule has 0 atom stereocenters. The van der Waals surface area contributed by atoms with Gasteiger partial charge < -0.3 is 5.73 Å². The Hall–Kier alpha value is -2.95. The predicted octanol–water partition coefficient (Wildman–Crippen LogP) is 8.92. The van der Waals surface area contributed by atoms with E-state index in [0.29, 0.717) is 0 Å². The van der Waals surface area contributed by atoms with Gasteiger partial charge in [0.1, 0.15) is 0 Å². The van der Waals surface area contributed by atoms with Gasteiger partial charge in [-0.05, 0) is 48.6 Å². The molecule has 5 heteroatoms. The Balaban J connectivity index is 0.000000380. The van der Waals surface area contributed by atoms with Crippen molar-refractivity contribution >= 4 is 22.6 Å². The quantitative estimate of drug-likeness (QED) is 0.335. The summed E-state index contributed by atoms with van der Waals surface area (Å²) in [6.07, 6.45) is 16.9. The maximum absolute atomic E-state index is 5.61. The molecule has 3 aromatic rings. The van der Waals surface area contributed by atoms with Crippen LogP contribution < -0.4 is 5.73 Å². The first-order valence-electron chi connectivity index (χ1n) is 13.7. The number of fused-ring (bicyclic) bond motifs is 1. The lowest BCUT2D eigenvalue weighted by molar-refractivity contribution is 0.346. The molecule has 3 aromatic heterocycles. The summed E-state index contributed by atoms with van der Waals surface area (Å²) < 4.78 is 1.83. The van der Waals surface area contributed by atoms with Crippen LogP contribution in [-0.4, -0.2) is 19.6 Å². The molecular weight excluding hydrogens is 442 g/mol. The fourth-order valence-corrected chi connectivity index (χ4v) is 3.72. The van der Waals surface area contributed by atoms with Crippen molar-refractivity contribution in [2.75, 3.05) is 5.73 Å². The van der Waals surface area contributed by atoms with Crippen LogP contribution in [-0.2, 0) is 0 Å². The van der Waals surface area contributed by atoms with E-state index in [-0.39, 0.29) is 5.95 Å². The van der Waals surface area contributed by atoms with Crippen LogP contribution in [0.25, 0.3) is 16.7 Å². The lowest BCUT2D eigenvalue weighted by Crippen LogP contribution is -2.04. The zero-order valence-electron chi connectivity index (χ0n) is 23.9. The molecule has 1 fully saturated rings. The number of nitrogens with zero attached hydrogens (tertiary/aromatic N) is 4. The van der Waals surface area contributed by atoms with Crippen molar-refractivity contribution < 1.29 is 0 Å². The predicted molar refractivity (Wildman–Crippen MR) is 158 cm³/mol. The van der Waals surface area contributed by atoms with Gasteiger partial charge in [-0.25, -0.2) is 14.5 Å². The summed E-state index contributed by atoms with van der Waals surface area (Å²) >= 11 is 0. The Morgan fingerprint density at radius 1 is 1.06 bits per heavy atom. The third-order valence-corrected chi connectivity index (χ3v) is 6.25. The van der Waals surface area contributed by atoms with Gasteiger partial charge in [0.25, 0.3) is 0 Å². The third-order valence-electron chi connectivity index (χ3n) is 6.25. The molecule has 198 valence electrons. The molecule has 0 spiro atoms. The molecule has 0 saturated heterocycles. The minimum atomic E-state index is 0.268. The second-order valence-electron chi connectivity index (χ2n) is 9.39. The second-order valence-corrected chi connectivity index (χ2v) is 9.39. The Kier molecular flexibility index (Phi) is 14.4. The molecule has 0 unspecified atom stereocenters. The van der Waals surface area contributed by atoms with Crippen molar-refractivity contribution in [1.29, 1.82) is 0 Å². The molecule has 5 nitrogen and oxygen atoms in total. The first-order chi connectivity index (χ1) is 17.3. The Morgan fingerprint density at radius 2 is 1.67 bits per heavy atom. The van der Waals surface area contributed by atoms with Crippen molar-refractivity contribution in [2.24, 2.45) is 5.92 Å². The van der Waals surface area contributed by atoms with Crippen molar-refractivity contribution in [3.05, 3.63) is 66.3 Å². The lowest BCUT2D eigenvalue weighted by atomic mass is 9.88. The minimum Gasteiger partial charge on any atom is -0.368 e. The highest BCUT2D eigenvalue weighted by atomic mass is 15.2. The Morgan fingerprint density at radius 3 is 2.14 bits per heavy atom. The number of allylic oxidation sites excluding steroid dienone is 1. The standard InChI is InChI=1S/C17H17N5.C7H16.C5H10.C2H6/c1-10(2)14-9-20-22-6-5-13(7-16(14)22)11(3)15-8-19-17(18)21-12(15)4;1-3-5-7-6-4-2;1-5-3-2-4-5;1-2/h5-9H,1,3H2,2,4H3,(H2,18,19,21);3-7H2,1-2H3;5H,2-4H2,1H3;1-2H3. The van der Waals surface area contributed by atoms with Gasteiger partial charge in [-0.1, -0.05) is 99.1 Å². The normalized spacial score (nSPS) is 12.2. The SMILES string of the molecule is C=C(c1ccn2ncc(C(=C)C)c2c1)c1cnc(N)nc1C.CC.CC1CCC1.CCCCCCC. The van der Waals surface area contributed by atoms with Gasteiger partial charge in [0.2, 0.25) is 5.95 Å². The van der Waals surface area contributed by atoms with Gasteiger partial charge in [-0.2, -0.15) is 5.10 Å². The molecule has 4 rings (SSSR count). The molecular formula is C31H49N5. The van der Waals surface area contributed by atoms with E-state index in [4.69, 9.17) is 5.73 Å². The first-order valence-corrected chi connectivity index (χ1v) is 13.7. The summed E-state index contributed by atoms with van der Waals surface area (Å²) in [6, 6.07) is 4.02. The monoisotopic (exact) mass is 491 g/mol. The van der Waals surface area contributed by atoms with Gasteiger partial charge >= 0.3 is 0 Å². The molecule has 36 heavy (non-hydrogen) atoms. The largest absolute Gasteiger partial charge is 0.368 e. The van der Waals surface area contributed by atoms with Crippen LogP contribution in [0.1, 0.15) is 115 Å². The molecule has 0 bridgehead atoms. The molecule has 3 heterocycles. The number of aryl methyl sites for hydroxylation is 1. The molecule has 2 N–H and O–H groups in total. The highest BCUT2D eigenvalue weighted by Crippen LogP contribution is 2.27. The number of anilines is 1. The van der Waals surface area contributed by atoms with E-state index in [9.17, 15) is 0 Å². The zero-order chi connectivity index (χ0) is 27.1. The van der Waals surface area contributed by atoms with Crippen molar-refractivity contribution in [1.82, 2.24) is 19.6 Å². The number of nitrogen functional groups attached to an aromatic ring is 1. The number of rotatable bonds is 7. The molecule has 0 aromatic carbocycles. The second kappa shape index (κ2) is 16.7. The smallest absolute Gasteiger partial charge is 0.220 e. The average molecular weight is 492 g/mol. The van der Waals surface area contributed by atoms with Gasteiger partial charge in [0.15, 0.2) is 0 Å². The highest BCUT2D eigenvalue weighted by Gasteiger charge is 2.11. The van der Waals surface area contributed by atoms with Crippen molar-refractivity contribution in [3.8, 4) is 0 Å². The summed E-state index contributed by atoms with van der Waals surface area (Å²) in [7, 11) is 0. The molecule has 1 aliphatic carbocycles. The van der Waals surface area contributed by atoms with Crippen LogP contribution in [0.2, 0.25) is 0 Å². The fraction of sp³-hybridized carbons (Fsp3) is 0.516. The number of nitrogens with two attached hydrogens (primary N) is 1. The molecule has 1 aliphatic rings. The van der Waals surface area contributed by atoms with E-state index in [1.807, 2.05) is 50.7 Å². The number of hydrogen-bond donors (Lipinski definition) is 1. The van der Waals surface area contributed by atoms with E-state index in [1.165, 1.54) is 51.4 Å². The van der Waals surface area contributed by atoms with E-state index < -0.39 is 0 Å². The summed E-state index contributed by atoms with van der Waals surface area (Å²) in [5, 5.41) is 4.33. The average Bonchev–Trinajstić information content (AvgIpc) is 3.28. The van der Waals surface area contributed by atoms with Crippen LogP contribution >= 0.6 is 0 Å². The molecule has 0 aliphatic heterocycles. The zero-order valence-corrected chi connectivity index (χ0v) is 23.9. The number of unbranched alkanes of at least 4 members (excludes halogenated alkanes) is 4. The fourth-order valence-electron chi connectivity index (χ4n) is 3.72. The molecule has 1 saturated carbocycles. The van der Waals surface area contributed by atoms with Crippen LogP contribution in [0.15, 0.2) is 43.9 Å². The minimum absolute atomic E-state index is 0.268. The Bertz CT molecular complexity index is 1070. The third kappa shape index (κ3) is 9.60. The van der Waals surface area contributed by atoms with Gasteiger partial charge in [-0.15, -0.1) is 0 Å². The summed E-state index contributed by atoms with van der Waals surface area (Å²) in [6.45, 7) is 22.8. The van der Waals surface area contributed by atoms with Gasteiger partial charge in [0, 0.05) is 23.5 Å². The Labute approximate surface area is 220 Å². The van der Waals surface area contributed by atoms with Crippen LogP contribution in [0.4, 0.5) is 5.95 Å². The maximum atomic E-state index is 5.61. The maximum Gasteiger partial charge on any atom is 0.220 e. The topological polar surface area (TPSA) is 69.1 Å². The lowest BCUT2D eigenvalue weighted by Gasteiger charge is -2.18. The van der Waals surface area contributed by atoms with E-state index in [1.54, 1.807) is 6.20 Å². The molecule has 0 amide bonds. The number of pyridine rings is 1. The summed E-state index contributed by atoms with van der Waals surface area (Å²) in [4.78, 5) is 8.25. The summed E-state index contributed by atoms with van der Waals surface area (Å²) in [5.41, 5.74) is 12.2. The highest BCUT2D eigenvalue weighted by molar-refractivity contribution is 5.83. The first kappa shape index (κ1) is 31.1. The van der Waals surface area contributed by atoms with E-state index in [0.717, 1.165) is 45.0 Å². The van der Waals surface area contributed by atoms with E-state index >= 15 is 0 Å². The van der Waals surface area contributed by atoms with Crippen molar-refractivity contribution in [3.63, 3.8) is 0 Å². The van der Waals surface area contributed by atoms with Gasteiger partial charge in [0.05, 0.1) is 17.4 Å². The van der Waals surface area contributed by atoms with Gasteiger partial charge in [-0.3, -0.25) is 0 Å². The molecule has 0 radical (unpaired) electrons. The van der Waals surface area contributed by atoms with Crippen LogP contribution in [0, 0.1) is 12.8 Å². The van der Waals surface area contributed by atoms with Crippen molar-refractivity contribution in [2.45, 2.75) is 99.8 Å². The number of hydrogen-bond acceptors (Lipinski definition) is 4.